The zero-order valence-corrected chi connectivity index (χ0v) is 10.4. The summed E-state index contributed by atoms with van der Waals surface area (Å²) in [7, 11) is 4.02. The van der Waals surface area contributed by atoms with Crippen molar-refractivity contribution in [1.29, 1.82) is 0 Å². The molecule has 1 rings (SSSR count). The molecule has 0 spiro atoms. The molecule has 16 heavy (non-hydrogen) atoms. The summed E-state index contributed by atoms with van der Waals surface area (Å²) >= 11 is 0. The minimum absolute atomic E-state index is 0.163. The molecular weight excluding hydrogens is 202 g/mol. The van der Waals surface area contributed by atoms with Gasteiger partial charge in [-0.1, -0.05) is 6.08 Å². The average Bonchev–Trinajstić information content (AvgIpc) is 2.64. The molecule has 0 aliphatic carbocycles. The van der Waals surface area contributed by atoms with Crippen LogP contribution in [-0.4, -0.2) is 62.5 Å². The molecule has 92 valence electrons. The number of carbonyl (C=O) groups excluding carboxylic acids is 1. The van der Waals surface area contributed by atoms with Crippen LogP contribution in [0.25, 0.3) is 0 Å². The predicted molar refractivity (Wildman–Crippen MR) is 66.3 cm³/mol. The molecule has 1 amide bonds. The minimum atomic E-state index is 0.163. The Morgan fingerprint density at radius 2 is 2.44 bits per heavy atom. The van der Waals surface area contributed by atoms with Gasteiger partial charge in [0.25, 0.3) is 0 Å². The maximum Gasteiger partial charge on any atom is 0.236 e. The molecule has 1 atom stereocenters. The number of likely N-dealkylation sites (N-methyl/N-ethyl adjacent to an activating group) is 1. The summed E-state index contributed by atoms with van der Waals surface area (Å²) in [6, 6.07) is 0. The number of hydrogen-bond acceptors (Lipinski definition) is 3. The third-order valence-electron chi connectivity index (χ3n) is 3.01. The van der Waals surface area contributed by atoms with Crippen LogP contribution in [0.15, 0.2) is 12.7 Å². The van der Waals surface area contributed by atoms with Crippen LogP contribution in [0.5, 0.6) is 0 Å². The molecule has 0 aromatic carbocycles. The Balaban J connectivity index is 2.20. The maximum absolute atomic E-state index is 11.7. The van der Waals surface area contributed by atoms with Crippen molar-refractivity contribution in [2.24, 2.45) is 5.92 Å². The van der Waals surface area contributed by atoms with Gasteiger partial charge in [-0.05, 0) is 25.9 Å². The Morgan fingerprint density at radius 3 is 3.00 bits per heavy atom. The van der Waals surface area contributed by atoms with Crippen LogP contribution in [-0.2, 0) is 4.79 Å². The predicted octanol–water partition coefficient (Wildman–Crippen LogP) is 0.172. The van der Waals surface area contributed by atoms with E-state index in [1.54, 1.807) is 6.08 Å². The molecule has 0 saturated carbocycles. The Hall–Kier alpha value is -0.870. The number of likely N-dealkylation sites (tertiary alicyclic amines) is 1. The smallest absolute Gasteiger partial charge is 0.236 e. The first-order valence-corrected chi connectivity index (χ1v) is 5.87. The molecule has 1 heterocycles. The molecular formula is C12H23N3O. The van der Waals surface area contributed by atoms with E-state index < -0.39 is 0 Å². The van der Waals surface area contributed by atoms with Gasteiger partial charge < -0.3 is 15.1 Å². The van der Waals surface area contributed by atoms with Crippen molar-refractivity contribution in [1.82, 2.24) is 15.1 Å². The van der Waals surface area contributed by atoms with Crippen LogP contribution >= 0.6 is 0 Å². The molecule has 1 N–H and O–H groups in total. The van der Waals surface area contributed by atoms with E-state index in [4.69, 9.17) is 0 Å². The summed E-state index contributed by atoms with van der Waals surface area (Å²) in [5.41, 5.74) is 0. The highest BCUT2D eigenvalue weighted by molar-refractivity contribution is 5.77. The number of nitrogens with one attached hydrogen (secondary N) is 1. The molecule has 4 nitrogen and oxygen atoms in total. The maximum atomic E-state index is 11.7. The van der Waals surface area contributed by atoms with Crippen molar-refractivity contribution < 1.29 is 4.79 Å². The van der Waals surface area contributed by atoms with E-state index in [0.29, 0.717) is 19.0 Å². The number of rotatable bonds is 6. The van der Waals surface area contributed by atoms with Crippen LogP contribution < -0.4 is 5.32 Å². The summed E-state index contributed by atoms with van der Waals surface area (Å²) in [5, 5.41) is 3.03. The third-order valence-corrected chi connectivity index (χ3v) is 3.01. The minimum Gasteiger partial charge on any atom is -0.344 e. The lowest BCUT2D eigenvalue weighted by atomic mass is 10.1. The molecule has 1 aliphatic rings. The Bertz CT molecular complexity index is 242. The topological polar surface area (TPSA) is 35.6 Å². The monoisotopic (exact) mass is 225 g/mol. The van der Waals surface area contributed by atoms with Gasteiger partial charge in [-0.2, -0.15) is 0 Å². The van der Waals surface area contributed by atoms with Crippen molar-refractivity contribution in [2.45, 2.75) is 6.42 Å². The Morgan fingerprint density at radius 1 is 1.69 bits per heavy atom. The first kappa shape index (κ1) is 13.2. The van der Waals surface area contributed by atoms with Gasteiger partial charge >= 0.3 is 0 Å². The fourth-order valence-corrected chi connectivity index (χ4v) is 2.08. The number of carbonyl (C=O) groups is 1. The fourth-order valence-electron chi connectivity index (χ4n) is 2.08. The summed E-state index contributed by atoms with van der Waals surface area (Å²) in [6.45, 7) is 7.83. The quantitative estimate of drug-likeness (QED) is 0.517. The summed E-state index contributed by atoms with van der Waals surface area (Å²) in [4.78, 5) is 15.9. The zero-order chi connectivity index (χ0) is 12.0. The first-order chi connectivity index (χ1) is 7.63. The normalized spacial score (nSPS) is 21.0. The van der Waals surface area contributed by atoms with Crippen molar-refractivity contribution in [3.63, 3.8) is 0 Å². The standard InChI is InChI=1S/C12H23N3O/c1-4-6-13-8-12(16)15(3)10-11-5-7-14(2)9-11/h4,11,13H,1,5-10H2,2-3H3. The second kappa shape index (κ2) is 6.66. The third kappa shape index (κ3) is 4.33. The zero-order valence-electron chi connectivity index (χ0n) is 10.4. The lowest BCUT2D eigenvalue weighted by molar-refractivity contribution is -0.129. The van der Waals surface area contributed by atoms with Crippen molar-refractivity contribution >= 4 is 5.91 Å². The van der Waals surface area contributed by atoms with Gasteiger partial charge in [-0.25, -0.2) is 0 Å². The molecule has 0 bridgehead atoms. The van der Waals surface area contributed by atoms with Crippen LogP contribution in [0.2, 0.25) is 0 Å². The number of nitrogens with zero attached hydrogens (tertiary/aromatic N) is 2. The molecule has 1 fully saturated rings. The lowest BCUT2D eigenvalue weighted by Gasteiger charge is -2.21. The van der Waals surface area contributed by atoms with Crippen molar-refractivity contribution in [2.75, 3.05) is 46.8 Å². The van der Waals surface area contributed by atoms with Gasteiger partial charge in [0.05, 0.1) is 6.54 Å². The highest BCUT2D eigenvalue weighted by Gasteiger charge is 2.22. The van der Waals surface area contributed by atoms with Gasteiger partial charge in [0.15, 0.2) is 0 Å². The Kier molecular flexibility index (Phi) is 5.49. The summed E-state index contributed by atoms with van der Waals surface area (Å²) in [6.07, 6.45) is 2.97. The highest BCUT2D eigenvalue weighted by Crippen LogP contribution is 2.14. The molecule has 4 heteroatoms. The largest absolute Gasteiger partial charge is 0.344 e. The van der Waals surface area contributed by atoms with E-state index >= 15 is 0 Å². The van der Waals surface area contributed by atoms with E-state index in [0.717, 1.165) is 19.6 Å². The highest BCUT2D eigenvalue weighted by atomic mass is 16.2. The Labute approximate surface area is 98.3 Å². The van der Waals surface area contributed by atoms with Gasteiger partial charge in [0, 0.05) is 26.7 Å². The molecule has 1 aliphatic heterocycles. The van der Waals surface area contributed by atoms with Gasteiger partial charge in [0.1, 0.15) is 0 Å². The van der Waals surface area contributed by atoms with E-state index in [9.17, 15) is 4.79 Å². The second-order valence-corrected chi connectivity index (χ2v) is 4.61. The van der Waals surface area contributed by atoms with Crippen molar-refractivity contribution in [3.05, 3.63) is 12.7 Å². The van der Waals surface area contributed by atoms with E-state index in [2.05, 4.69) is 23.8 Å². The molecule has 0 radical (unpaired) electrons. The van der Waals surface area contributed by atoms with E-state index in [1.807, 2.05) is 11.9 Å². The first-order valence-electron chi connectivity index (χ1n) is 5.87. The van der Waals surface area contributed by atoms with Gasteiger partial charge in [-0.15, -0.1) is 6.58 Å². The SMILES string of the molecule is C=CCNCC(=O)N(C)CC1CCN(C)C1. The summed E-state index contributed by atoms with van der Waals surface area (Å²) in [5.74, 6) is 0.801. The van der Waals surface area contributed by atoms with E-state index in [-0.39, 0.29) is 5.91 Å². The van der Waals surface area contributed by atoms with Gasteiger partial charge in [-0.3, -0.25) is 4.79 Å². The number of amides is 1. The molecule has 0 aromatic rings. The van der Waals surface area contributed by atoms with Crippen LogP contribution in [0.3, 0.4) is 0 Å². The van der Waals surface area contributed by atoms with Crippen LogP contribution in [0.4, 0.5) is 0 Å². The van der Waals surface area contributed by atoms with Crippen LogP contribution in [0, 0.1) is 5.92 Å². The van der Waals surface area contributed by atoms with Crippen molar-refractivity contribution in [3.8, 4) is 0 Å². The van der Waals surface area contributed by atoms with Crippen LogP contribution in [0.1, 0.15) is 6.42 Å². The van der Waals surface area contributed by atoms with E-state index in [1.165, 1.54) is 6.42 Å². The average molecular weight is 225 g/mol. The molecule has 1 unspecified atom stereocenters. The van der Waals surface area contributed by atoms with Gasteiger partial charge in [0.2, 0.25) is 5.91 Å². The summed E-state index contributed by atoms with van der Waals surface area (Å²) < 4.78 is 0. The molecule has 1 saturated heterocycles. The fraction of sp³-hybridized carbons (Fsp3) is 0.750. The molecule has 0 aromatic heterocycles. The lowest BCUT2D eigenvalue weighted by Crippen LogP contribution is -2.38. The second-order valence-electron chi connectivity index (χ2n) is 4.61. The number of hydrogen-bond donors (Lipinski definition) is 1.